The second-order valence-corrected chi connectivity index (χ2v) is 5.82. The van der Waals surface area contributed by atoms with Crippen LogP contribution in [0, 0.1) is 18.3 Å². The van der Waals surface area contributed by atoms with Crippen LogP contribution in [-0.4, -0.2) is 17.6 Å². The van der Waals surface area contributed by atoms with Crippen LogP contribution in [0.2, 0.25) is 0 Å². The highest BCUT2D eigenvalue weighted by Gasteiger charge is 2.53. The first-order chi connectivity index (χ1) is 8.61. The predicted octanol–water partition coefficient (Wildman–Crippen LogP) is 2.62. The molecule has 1 aromatic rings. The molecule has 0 bridgehead atoms. The Hall–Kier alpha value is -1.51. The van der Waals surface area contributed by atoms with Gasteiger partial charge in [0.2, 0.25) is 0 Å². The number of hydrogen-bond donors (Lipinski definition) is 2. The molecule has 2 saturated carbocycles. The molecule has 3 heteroatoms. The number of carbonyl (C=O) groups excluding carboxylic acids is 1. The Kier molecular flexibility index (Phi) is 2.58. The molecule has 3 nitrogen and oxygen atoms in total. The number of aromatic hydroxyl groups is 1. The van der Waals surface area contributed by atoms with Gasteiger partial charge in [0.05, 0.1) is 0 Å². The van der Waals surface area contributed by atoms with Crippen LogP contribution >= 0.6 is 0 Å². The van der Waals surface area contributed by atoms with Gasteiger partial charge in [-0.05, 0) is 67.7 Å². The molecule has 2 aliphatic carbocycles. The average Bonchev–Trinajstić information content (AvgIpc) is 3.17. The minimum atomic E-state index is -0.0144. The van der Waals surface area contributed by atoms with Crippen LogP contribution in [0.15, 0.2) is 18.2 Å². The topological polar surface area (TPSA) is 49.3 Å². The van der Waals surface area contributed by atoms with Crippen LogP contribution < -0.4 is 5.32 Å². The van der Waals surface area contributed by atoms with E-state index in [4.69, 9.17) is 0 Å². The molecule has 1 aromatic carbocycles. The number of amides is 1. The first kappa shape index (κ1) is 11.6. The highest BCUT2D eigenvalue weighted by atomic mass is 16.3. The van der Waals surface area contributed by atoms with Gasteiger partial charge in [-0.15, -0.1) is 0 Å². The first-order valence-electron chi connectivity index (χ1n) is 6.69. The van der Waals surface area contributed by atoms with E-state index in [1.54, 1.807) is 18.2 Å². The number of benzene rings is 1. The van der Waals surface area contributed by atoms with Crippen LogP contribution in [0.25, 0.3) is 0 Å². The molecule has 0 saturated heterocycles. The highest BCUT2D eigenvalue weighted by molar-refractivity contribution is 5.95. The molecule has 0 atom stereocenters. The van der Waals surface area contributed by atoms with E-state index in [-0.39, 0.29) is 11.7 Å². The van der Waals surface area contributed by atoms with Crippen molar-refractivity contribution in [1.29, 1.82) is 0 Å². The molecule has 3 rings (SSSR count). The van der Waals surface area contributed by atoms with Crippen molar-refractivity contribution in [3.05, 3.63) is 29.3 Å². The predicted molar refractivity (Wildman–Crippen MR) is 69.6 cm³/mol. The number of rotatable bonds is 4. The third-order valence-electron chi connectivity index (χ3n) is 4.39. The maximum atomic E-state index is 12.1. The fraction of sp³-hybridized carbons (Fsp3) is 0.533. The Morgan fingerprint density at radius 1 is 1.44 bits per heavy atom. The quantitative estimate of drug-likeness (QED) is 0.856. The van der Waals surface area contributed by atoms with E-state index < -0.39 is 0 Å². The van der Waals surface area contributed by atoms with Crippen LogP contribution in [-0.2, 0) is 0 Å². The van der Waals surface area contributed by atoms with Gasteiger partial charge >= 0.3 is 0 Å². The van der Waals surface area contributed by atoms with E-state index in [2.05, 4.69) is 5.32 Å². The molecule has 96 valence electrons. The zero-order valence-electron chi connectivity index (χ0n) is 10.7. The van der Waals surface area contributed by atoms with Crippen LogP contribution in [0.5, 0.6) is 5.75 Å². The van der Waals surface area contributed by atoms with Crippen molar-refractivity contribution in [2.24, 2.45) is 11.3 Å². The lowest BCUT2D eigenvalue weighted by Crippen LogP contribution is -2.31. The summed E-state index contributed by atoms with van der Waals surface area (Å²) in [5.74, 6) is 1.05. The van der Waals surface area contributed by atoms with Crippen LogP contribution in [0.4, 0.5) is 0 Å². The summed E-state index contributed by atoms with van der Waals surface area (Å²) in [4.78, 5) is 12.1. The maximum absolute atomic E-state index is 12.1. The Labute approximate surface area is 107 Å². The second kappa shape index (κ2) is 4.01. The molecule has 2 fully saturated rings. The van der Waals surface area contributed by atoms with Crippen molar-refractivity contribution in [3.8, 4) is 5.75 Å². The zero-order valence-corrected chi connectivity index (χ0v) is 10.7. The SMILES string of the molecule is Cc1cc(O)ccc1C(=O)NCC1(C2CC2)CC1. The number of nitrogens with one attached hydrogen (secondary N) is 1. The minimum absolute atomic E-state index is 0.0144. The number of aryl methyl sites for hydroxylation is 1. The van der Waals surface area contributed by atoms with Crippen LogP contribution in [0.3, 0.4) is 0 Å². The Morgan fingerprint density at radius 2 is 2.17 bits per heavy atom. The van der Waals surface area contributed by atoms with Gasteiger partial charge in [-0.2, -0.15) is 0 Å². The molecule has 2 N–H and O–H groups in total. The van der Waals surface area contributed by atoms with Gasteiger partial charge in [-0.3, -0.25) is 4.79 Å². The summed E-state index contributed by atoms with van der Waals surface area (Å²) in [5, 5.41) is 12.4. The van der Waals surface area contributed by atoms with Crippen molar-refractivity contribution in [2.75, 3.05) is 6.54 Å². The molecule has 2 aliphatic rings. The van der Waals surface area contributed by atoms with E-state index in [1.807, 2.05) is 6.92 Å². The summed E-state index contributed by atoms with van der Waals surface area (Å²) < 4.78 is 0. The molecule has 0 spiro atoms. The standard InChI is InChI=1S/C15H19NO2/c1-10-8-12(17)4-5-13(10)14(18)16-9-15(6-7-15)11-2-3-11/h4-5,8,11,17H,2-3,6-7,9H2,1H3,(H,16,18). The van der Waals surface area contributed by atoms with E-state index in [0.29, 0.717) is 11.0 Å². The molecular formula is C15H19NO2. The molecule has 18 heavy (non-hydrogen) atoms. The van der Waals surface area contributed by atoms with E-state index >= 15 is 0 Å². The monoisotopic (exact) mass is 245 g/mol. The van der Waals surface area contributed by atoms with Gasteiger partial charge in [-0.1, -0.05) is 0 Å². The molecule has 0 unspecified atom stereocenters. The Bertz CT molecular complexity index is 487. The molecule has 0 heterocycles. The lowest BCUT2D eigenvalue weighted by Gasteiger charge is -2.15. The molecule has 0 aromatic heterocycles. The van der Waals surface area contributed by atoms with Gasteiger partial charge in [0.15, 0.2) is 0 Å². The highest BCUT2D eigenvalue weighted by Crippen LogP contribution is 2.60. The second-order valence-electron chi connectivity index (χ2n) is 5.82. The fourth-order valence-corrected chi connectivity index (χ4v) is 2.84. The van der Waals surface area contributed by atoms with Crippen molar-refractivity contribution in [2.45, 2.75) is 32.6 Å². The normalized spacial score (nSPS) is 20.5. The van der Waals surface area contributed by atoms with Crippen molar-refractivity contribution >= 4 is 5.91 Å². The lowest BCUT2D eigenvalue weighted by molar-refractivity contribution is 0.0942. The third-order valence-corrected chi connectivity index (χ3v) is 4.39. The van der Waals surface area contributed by atoms with Gasteiger partial charge in [0.25, 0.3) is 5.91 Å². The maximum Gasteiger partial charge on any atom is 0.251 e. The fourth-order valence-electron chi connectivity index (χ4n) is 2.84. The third kappa shape index (κ3) is 2.09. The Morgan fingerprint density at radius 3 is 2.72 bits per heavy atom. The minimum Gasteiger partial charge on any atom is -0.508 e. The largest absolute Gasteiger partial charge is 0.508 e. The van der Waals surface area contributed by atoms with Crippen molar-refractivity contribution in [1.82, 2.24) is 5.32 Å². The summed E-state index contributed by atoms with van der Waals surface area (Å²) in [7, 11) is 0. The smallest absolute Gasteiger partial charge is 0.251 e. The first-order valence-corrected chi connectivity index (χ1v) is 6.69. The van der Waals surface area contributed by atoms with Gasteiger partial charge in [0.1, 0.15) is 5.75 Å². The molecular weight excluding hydrogens is 226 g/mol. The van der Waals surface area contributed by atoms with Crippen molar-refractivity contribution < 1.29 is 9.90 Å². The summed E-state index contributed by atoms with van der Waals surface area (Å²) in [6.07, 6.45) is 5.22. The zero-order chi connectivity index (χ0) is 12.8. The molecule has 0 aliphatic heterocycles. The van der Waals surface area contributed by atoms with Crippen molar-refractivity contribution in [3.63, 3.8) is 0 Å². The van der Waals surface area contributed by atoms with Gasteiger partial charge < -0.3 is 10.4 Å². The molecule has 1 amide bonds. The average molecular weight is 245 g/mol. The number of carbonyl (C=O) groups is 1. The summed E-state index contributed by atoms with van der Waals surface area (Å²) in [5.41, 5.74) is 1.92. The molecule has 0 radical (unpaired) electrons. The number of hydrogen-bond acceptors (Lipinski definition) is 2. The van der Waals surface area contributed by atoms with Crippen LogP contribution in [0.1, 0.15) is 41.6 Å². The summed E-state index contributed by atoms with van der Waals surface area (Å²) in [6.45, 7) is 2.67. The van der Waals surface area contributed by atoms with E-state index in [0.717, 1.165) is 18.0 Å². The van der Waals surface area contributed by atoms with E-state index in [9.17, 15) is 9.90 Å². The van der Waals surface area contributed by atoms with Gasteiger partial charge in [-0.25, -0.2) is 0 Å². The Balaban J connectivity index is 1.64. The van der Waals surface area contributed by atoms with Gasteiger partial charge in [0, 0.05) is 12.1 Å². The number of phenolic OH excluding ortho intramolecular Hbond substituents is 1. The summed E-state index contributed by atoms with van der Waals surface area (Å²) >= 11 is 0. The number of phenols is 1. The summed E-state index contributed by atoms with van der Waals surface area (Å²) in [6, 6.07) is 4.88. The van der Waals surface area contributed by atoms with E-state index in [1.165, 1.54) is 25.7 Å². The lowest BCUT2D eigenvalue weighted by atomic mass is 10.0.